The number of hydrogen-bond acceptors (Lipinski definition) is 3. The molecule has 0 saturated heterocycles. The first-order valence-electron chi connectivity index (χ1n) is 46.1. The molecule has 632 valence electrons. The minimum absolute atomic E-state index is 1.02. The van der Waals surface area contributed by atoms with Crippen LogP contribution in [0.15, 0.2) is 449 Å². The normalized spacial score (nSPS) is 11.8. The third kappa shape index (κ3) is 14.6. The maximum atomic E-state index is 4.99. The van der Waals surface area contributed by atoms with E-state index in [0.29, 0.717) is 0 Å². The van der Waals surface area contributed by atoms with Gasteiger partial charge in [-0.15, -0.1) is 0 Å². The summed E-state index contributed by atoms with van der Waals surface area (Å²) in [6, 6.07) is 159. The van der Waals surface area contributed by atoms with Gasteiger partial charge in [0.05, 0.1) is 16.6 Å². The van der Waals surface area contributed by atoms with Gasteiger partial charge in [-0.05, 0) is 197 Å². The van der Waals surface area contributed by atoms with Gasteiger partial charge in [-0.1, -0.05) is 463 Å². The molecule has 0 saturated carbocycles. The lowest BCUT2D eigenvalue weighted by atomic mass is 9.97. The van der Waals surface area contributed by atoms with Crippen LogP contribution in [0, 0.1) is 62.3 Å². The Morgan fingerprint density at radius 1 is 0.159 bits per heavy atom. The van der Waals surface area contributed by atoms with E-state index in [1.807, 2.05) is 18.6 Å². The highest BCUT2D eigenvalue weighted by Crippen LogP contribution is 2.38. The van der Waals surface area contributed by atoms with Gasteiger partial charge >= 0.3 is 0 Å². The van der Waals surface area contributed by atoms with Gasteiger partial charge in [0, 0.05) is 67.1 Å². The Morgan fingerprint density at radius 3 is 0.735 bits per heavy atom. The number of pyridine rings is 3. The Labute approximate surface area is 776 Å². The van der Waals surface area contributed by atoms with Crippen LogP contribution < -0.4 is 62.2 Å². The van der Waals surface area contributed by atoms with E-state index in [0.717, 1.165) is 16.6 Å². The van der Waals surface area contributed by atoms with Gasteiger partial charge in [0.1, 0.15) is 0 Å². The smallest absolute Gasteiger partial charge is 0.181 e. The standard InChI is InChI=1S/C50H47NSi.C41H29NSi.C35H25NSi/c1-30-22-33(4)48(34(5)23-30)52(49-35(6)24-31(2)25-36(49)7,50-37(8)26-32(3)27-38(50)9)43-19-16-39(17-20-43)41-18-21-45-46(28-41)51-29-42-15-14-40-12-10-11-13-44(40)47(42)45;1-4-15-34(16-5-1)43(35-17-6-2-7-18-35,36-19-8-3-9-20-36)37-21-12-14-31(27-37)32-25-26-39-40(28-32)42-29-33-24-23-30-13-10-11-22-38(30)41(33)39;1-4-13-28(14-5-1)37(29-15-6-2-7-16-29,30-17-8-3-9-18-30)31-22-23-33-34(24-31)36-25-27-21-20-26-12-10-11-19-32(26)35(27)33/h10-29H,1-9H3;1-29H;1-25H. The molecule has 6 heteroatoms. The lowest BCUT2D eigenvalue weighted by molar-refractivity contribution is 1.32. The fourth-order valence-corrected chi connectivity index (χ4v) is 38.6. The van der Waals surface area contributed by atoms with Crippen molar-refractivity contribution in [2.45, 2.75) is 62.3 Å². The SMILES string of the molecule is Cc1cc(C)c([Si](c2ccc(-c3ccc4c(c3)ncc3ccc5ccccc5c34)cc2)(c2c(C)cc(C)cc2C)c2c(C)cc(C)cc2C)c(C)c1.c1ccc([Si](c2ccccc2)(c2ccccc2)c2ccc3c(c2)ncc2ccc4ccccc4c23)cc1.c1ccc([Si](c2ccccc2)(c2ccccc2)c2cccc(-c3ccc4c(c3)ncc3ccc5ccccc5c34)c2)cc1. The number of fused-ring (bicyclic) bond motifs is 15. The summed E-state index contributed by atoms with van der Waals surface area (Å²) in [6.45, 7) is 20.8. The second-order valence-electron chi connectivity index (χ2n) is 36.1. The molecule has 0 bridgehead atoms. The maximum Gasteiger partial charge on any atom is 0.181 e. The summed E-state index contributed by atoms with van der Waals surface area (Å²) in [5.41, 5.74) is 20.1. The number of aryl methyl sites for hydroxylation is 9. The van der Waals surface area contributed by atoms with Crippen LogP contribution in [-0.4, -0.2) is 39.2 Å². The zero-order valence-electron chi connectivity index (χ0n) is 76.1. The zero-order valence-corrected chi connectivity index (χ0v) is 79.1. The molecule has 0 atom stereocenters. The minimum Gasteiger partial charge on any atom is -0.256 e. The fourth-order valence-electron chi connectivity index (χ4n) is 22.7. The lowest BCUT2D eigenvalue weighted by Gasteiger charge is -2.41. The van der Waals surface area contributed by atoms with Gasteiger partial charge in [-0.25, -0.2) is 0 Å². The number of hydrogen-bond donors (Lipinski definition) is 0. The number of aromatic nitrogens is 3. The van der Waals surface area contributed by atoms with Crippen LogP contribution in [0.5, 0.6) is 0 Å². The fraction of sp³-hybridized carbons (Fsp3) is 0.0714. The second kappa shape index (κ2) is 35.0. The van der Waals surface area contributed by atoms with Gasteiger partial charge in [0.2, 0.25) is 0 Å². The monoisotopic (exact) mass is 1740 g/mol. The molecule has 0 fully saturated rings. The molecule has 0 aliphatic carbocycles. The average molecular weight is 1740 g/mol. The second-order valence-corrected chi connectivity index (χ2v) is 47.3. The largest absolute Gasteiger partial charge is 0.256 e. The molecule has 23 rings (SSSR count). The highest BCUT2D eigenvalue weighted by atomic mass is 28.3. The Hall–Kier alpha value is -15.2. The van der Waals surface area contributed by atoms with Gasteiger partial charge in [-0.3, -0.25) is 15.0 Å². The van der Waals surface area contributed by atoms with Gasteiger partial charge < -0.3 is 0 Å². The van der Waals surface area contributed by atoms with E-state index >= 15 is 0 Å². The van der Waals surface area contributed by atoms with E-state index in [9.17, 15) is 0 Å². The quantitative estimate of drug-likeness (QED) is 0.0619. The number of rotatable bonds is 14. The summed E-state index contributed by atoms with van der Waals surface area (Å²) in [6.07, 6.45) is 6.08. The van der Waals surface area contributed by atoms with E-state index in [1.54, 1.807) is 0 Å². The molecule has 0 N–H and O–H groups in total. The molecule has 3 heterocycles. The first kappa shape index (κ1) is 83.7. The number of benzene rings is 20. The summed E-state index contributed by atoms with van der Waals surface area (Å²) in [4.78, 5) is 14.9. The molecule has 20 aromatic carbocycles. The Bertz CT molecular complexity index is 7950. The summed E-state index contributed by atoms with van der Waals surface area (Å²) < 4.78 is 0. The predicted octanol–water partition coefficient (Wildman–Crippen LogP) is 23.9. The van der Waals surface area contributed by atoms with Gasteiger partial charge in [-0.2, -0.15) is 0 Å². The third-order valence-electron chi connectivity index (χ3n) is 27.8. The zero-order chi connectivity index (χ0) is 89.8. The number of nitrogens with zero attached hydrogens (tertiary/aromatic N) is 3. The Kier molecular flexibility index (Phi) is 22.2. The molecule has 0 spiro atoms. The van der Waals surface area contributed by atoms with Crippen molar-refractivity contribution < 1.29 is 0 Å². The van der Waals surface area contributed by atoms with Gasteiger partial charge in [0.15, 0.2) is 24.2 Å². The molecule has 0 unspecified atom stereocenters. The van der Waals surface area contributed by atoms with E-state index in [4.69, 9.17) is 15.0 Å². The van der Waals surface area contributed by atoms with Crippen LogP contribution in [0.4, 0.5) is 0 Å². The van der Waals surface area contributed by atoms with Crippen molar-refractivity contribution in [2.24, 2.45) is 0 Å². The molecule has 0 amide bonds. The van der Waals surface area contributed by atoms with E-state index < -0.39 is 24.2 Å². The molecule has 132 heavy (non-hydrogen) atoms. The predicted molar refractivity (Wildman–Crippen MR) is 575 cm³/mol. The molecule has 3 aromatic heterocycles. The van der Waals surface area contributed by atoms with E-state index in [2.05, 4.69) is 493 Å². The molecular weight excluding hydrogens is 1640 g/mol. The molecular formula is C126H101N3Si3. The van der Waals surface area contributed by atoms with Crippen molar-refractivity contribution in [2.75, 3.05) is 0 Å². The molecule has 3 nitrogen and oxygen atoms in total. The summed E-state index contributed by atoms with van der Waals surface area (Å²) in [7, 11) is -8.05. The van der Waals surface area contributed by atoms with Gasteiger partial charge in [0.25, 0.3) is 0 Å². The summed E-state index contributed by atoms with van der Waals surface area (Å²) in [5.74, 6) is 0. The molecule has 0 radical (unpaired) electrons. The first-order valence-corrected chi connectivity index (χ1v) is 52.1. The highest BCUT2D eigenvalue weighted by molar-refractivity contribution is 7.22. The summed E-state index contributed by atoms with van der Waals surface area (Å²) >= 11 is 0. The molecule has 23 aromatic rings. The topological polar surface area (TPSA) is 38.7 Å². The molecule has 0 aliphatic heterocycles. The minimum atomic E-state index is -2.87. The van der Waals surface area contributed by atoms with Crippen molar-refractivity contribution in [1.29, 1.82) is 0 Å². The van der Waals surface area contributed by atoms with E-state index in [1.165, 1.54) is 215 Å². The van der Waals surface area contributed by atoms with Crippen LogP contribution in [0.25, 0.3) is 120 Å². The van der Waals surface area contributed by atoms with Crippen LogP contribution in [0.3, 0.4) is 0 Å². The van der Waals surface area contributed by atoms with Crippen molar-refractivity contribution in [1.82, 2.24) is 15.0 Å². The third-order valence-corrected chi connectivity index (χ3v) is 43.2. The maximum absolute atomic E-state index is 4.99. The molecule has 0 aliphatic rings. The van der Waals surface area contributed by atoms with Crippen LogP contribution in [0.1, 0.15) is 50.1 Å². The van der Waals surface area contributed by atoms with Crippen molar-refractivity contribution in [3.63, 3.8) is 0 Å². The van der Waals surface area contributed by atoms with Crippen LogP contribution in [-0.2, 0) is 0 Å². The Morgan fingerprint density at radius 2 is 0.402 bits per heavy atom. The van der Waals surface area contributed by atoms with Crippen LogP contribution in [0.2, 0.25) is 0 Å². The van der Waals surface area contributed by atoms with Crippen molar-refractivity contribution in [3.05, 3.63) is 499 Å². The summed E-state index contributed by atoms with van der Waals surface area (Å²) in [5, 5.41) is 35.5. The first-order chi connectivity index (χ1) is 64.6. The Balaban J connectivity index is 0.000000121. The van der Waals surface area contributed by atoms with Crippen molar-refractivity contribution in [3.8, 4) is 22.3 Å². The highest BCUT2D eigenvalue weighted by Gasteiger charge is 2.48. The van der Waals surface area contributed by atoms with E-state index in [-0.39, 0.29) is 0 Å². The van der Waals surface area contributed by atoms with Crippen LogP contribution >= 0.6 is 0 Å². The van der Waals surface area contributed by atoms with Crippen molar-refractivity contribution >= 4 is 184 Å². The average Bonchev–Trinajstić information content (AvgIpc) is 0.702. The lowest BCUT2D eigenvalue weighted by Crippen LogP contribution is -2.78.